The number of carbonyl (C=O) groups is 3. The highest BCUT2D eigenvalue weighted by Crippen LogP contribution is 2.29. The van der Waals surface area contributed by atoms with Gasteiger partial charge in [0.15, 0.2) is 10.9 Å². The molecule has 3 aromatic rings. The Hall–Kier alpha value is -3.32. The molecule has 152 valence electrons. The van der Waals surface area contributed by atoms with Crippen molar-refractivity contribution in [2.75, 3.05) is 11.9 Å². The number of benzene rings is 2. The van der Waals surface area contributed by atoms with Gasteiger partial charge in [0.1, 0.15) is 0 Å². The quantitative estimate of drug-likeness (QED) is 0.614. The molecular formula is C23H21N3O3S. The molecule has 1 aliphatic heterocycles. The molecule has 0 spiro atoms. The number of carbonyl (C=O) groups excluding carboxylic acids is 3. The summed E-state index contributed by atoms with van der Waals surface area (Å²) in [6, 6.07) is 18.2. The second-order valence-electron chi connectivity index (χ2n) is 7.07. The molecule has 0 saturated carbocycles. The van der Waals surface area contributed by atoms with Crippen LogP contribution in [0.4, 0.5) is 5.13 Å². The third-order valence-electron chi connectivity index (χ3n) is 4.96. The Morgan fingerprint density at radius 1 is 0.933 bits per heavy atom. The lowest BCUT2D eigenvalue weighted by molar-refractivity contribution is -0.116. The first-order valence-electron chi connectivity index (χ1n) is 9.81. The number of thiazole rings is 1. The summed E-state index contributed by atoms with van der Waals surface area (Å²) in [6.45, 7) is 1.09. The highest BCUT2D eigenvalue weighted by atomic mass is 32.1. The minimum absolute atomic E-state index is 0.000315. The highest BCUT2D eigenvalue weighted by Gasteiger charge is 2.25. The van der Waals surface area contributed by atoms with Crippen molar-refractivity contribution in [1.82, 2.24) is 9.88 Å². The summed E-state index contributed by atoms with van der Waals surface area (Å²) in [6.07, 6.45) is 0.920. The van der Waals surface area contributed by atoms with E-state index in [0.717, 1.165) is 10.6 Å². The monoisotopic (exact) mass is 419 g/mol. The molecule has 1 aromatic heterocycles. The average molecular weight is 420 g/mol. The van der Waals surface area contributed by atoms with Crippen LogP contribution in [0, 0.1) is 0 Å². The van der Waals surface area contributed by atoms with Gasteiger partial charge in [-0.25, -0.2) is 4.98 Å². The van der Waals surface area contributed by atoms with Crippen molar-refractivity contribution < 1.29 is 14.4 Å². The van der Waals surface area contributed by atoms with E-state index in [2.05, 4.69) is 10.3 Å². The fourth-order valence-electron chi connectivity index (χ4n) is 3.36. The molecule has 0 atom stereocenters. The average Bonchev–Trinajstić information content (AvgIpc) is 3.19. The maximum Gasteiger partial charge on any atom is 0.254 e. The predicted molar refractivity (Wildman–Crippen MR) is 116 cm³/mol. The lowest BCUT2D eigenvalue weighted by Crippen LogP contribution is -2.35. The minimum atomic E-state index is -0.234. The molecule has 2 aromatic carbocycles. The van der Waals surface area contributed by atoms with Gasteiger partial charge in [0, 0.05) is 41.8 Å². The summed E-state index contributed by atoms with van der Waals surface area (Å²) in [5.74, 6) is -0.290. The van der Waals surface area contributed by atoms with Gasteiger partial charge in [-0.1, -0.05) is 59.9 Å². The van der Waals surface area contributed by atoms with Crippen LogP contribution in [-0.4, -0.2) is 34.0 Å². The smallest absolute Gasteiger partial charge is 0.254 e. The van der Waals surface area contributed by atoms with Gasteiger partial charge in [-0.05, 0) is 12.1 Å². The largest absolute Gasteiger partial charge is 0.333 e. The van der Waals surface area contributed by atoms with E-state index < -0.39 is 0 Å². The second kappa shape index (κ2) is 9.00. The third kappa shape index (κ3) is 4.63. The summed E-state index contributed by atoms with van der Waals surface area (Å²) in [5, 5.41) is 3.31. The van der Waals surface area contributed by atoms with Gasteiger partial charge in [0.05, 0.1) is 12.2 Å². The van der Waals surface area contributed by atoms with E-state index in [1.165, 1.54) is 11.3 Å². The molecule has 0 aliphatic carbocycles. The maximum absolute atomic E-state index is 12.7. The number of hydrogen-bond donors (Lipinski definition) is 1. The van der Waals surface area contributed by atoms with E-state index in [-0.39, 0.29) is 30.4 Å². The molecule has 2 heterocycles. The van der Waals surface area contributed by atoms with E-state index in [4.69, 9.17) is 0 Å². The Morgan fingerprint density at radius 2 is 1.60 bits per heavy atom. The van der Waals surface area contributed by atoms with Crippen LogP contribution in [0.15, 0.2) is 60.7 Å². The number of hydrogen-bond acceptors (Lipinski definition) is 5. The van der Waals surface area contributed by atoms with E-state index in [1.54, 1.807) is 29.2 Å². The lowest BCUT2D eigenvalue weighted by Gasteiger charge is -2.26. The topological polar surface area (TPSA) is 79.4 Å². The van der Waals surface area contributed by atoms with Crippen LogP contribution in [-0.2, 0) is 17.8 Å². The molecule has 0 unspecified atom stereocenters. The van der Waals surface area contributed by atoms with Crippen LogP contribution in [0.2, 0.25) is 0 Å². The van der Waals surface area contributed by atoms with E-state index in [1.807, 2.05) is 36.4 Å². The van der Waals surface area contributed by atoms with Crippen molar-refractivity contribution in [3.05, 3.63) is 82.4 Å². The van der Waals surface area contributed by atoms with Gasteiger partial charge >= 0.3 is 0 Å². The van der Waals surface area contributed by atoms with Crippen molar-refractivity contribution in [3.8, 4) is 0 Å². The Bertz CT molecular complexity index is 1060. The number of Topliss-reactive ketones (excluding diaryl/α,β-unsaturated/α-hetero) is 1. The van der Waals surface area contributed by atoms with Crippen LogP contribution >= 0.6 is 11.3 Å². The lowest BCUT2D eigenvalue weighted by atomic mass is 10.1. The van der Waals surface area contributed by atoms with E-state index >= 15 is 0 Å². The zero-order valence-electron chi connectivity index (χ0n) is 16.3. The second-order valence-corrected chi connectivity index (χ2v) is 8.15. The molecule has 0 saturated heterocycles. The molecule has 4 rings (SSSR count). The van der Waals surface area contributed by atoms with Gasteiger partial charge in [-0.2, -0.15) is 0 Å². The summed E-state index contributed by atoms with van der Waals surface area (Å²) in [4.78, 5) is 44.4. The fourth-order valence-corrected chi connectivity index (χ4v) is 4.40. The number of fused-ring (bicyclic) bond motifs is 1. The van der Waals surface area contributed by atoms with Crippen LogP contribution < -0.4 is 5.32 Å². The third-order valence-corrected chi connectivity index (χ3v) is 5.96. The SMILES string of the molecule is O=C(CCC(=O)c1ccccc1)Nc1nc2c(s1)CN(C(=O)c1ccccc1)CC2. The predicted octanol–water partition coefficient (Wildman–Crippen LogP) is 3.94. The van der Waals surface area contributed by atoms with Gasteiger partial charge < -0.3 is 10.2 Å². The Kier molecular flexibility index (Phi) is 5.99. The number of nitrogens with one attached hydrogen (secondary N) is 1. The molecular weight excluding hydrogens is 398 g/mol. The fraction of sp³-hybridized carbons (Fsp3) is 0.217. The molecule has 0 bridgehead atoms. The molecule has 0 fully saturated rings. The van der Waals surface area contributed by atoms with Crippen molar-refractivity contribution >= 4 is 34.1 Å². The van der Waals surface area contributed by atoms with Gasteiger partial charge in [0.2, 0.25) is 5.91 Å². The zero-order valence-corrected chi connectivity index (χ0v) is 17.2. The maximum atomic E-state index is 12.7. The van der Waals surface area contributed by atoms with Crippen molar-refractivity contribution in [2.45, 2.75) is 25.8 Å². The first-order valence-corrected chi connectivity index (χ1v) is 10.6. The molecule has 1 N–H and O–H groups in total. The first kappa shape index (κ1) is 20.0. The Labute approximate surface area is 178 Å². The molecule has 6 nitrogen and oxygen atoms in total. The van der Waals surface area contributed by atoms with E-state index in [0.29, 0.717) is 35.8 Å². The Balaban J connectivity index is 1.33. The van der Waals surface area contributed by atoms with Crippen LogP contribution in [0.1, 0.15) is 44.1 Å². The number of amides is 2. The molecule has 2 amide bonds. The summed E-state index contributed by atoms with van der Waals surface area (Å²) in [5.41, 5.74) is 2.20. The summed E-state index contributed by atoms with van der Waals surface area (Å²) < 4.78 is 0. The number of anilines is 1. The van der Waals surface area contributed by atoms with Gasteiger partial charge in [-0.15, -0.1) is 0 Å². The van der Waals surface area contributed by atoms with Crippen molar-refractivity contribution in [3.63, 3.8) is 0 Å². The zero-order chi connectivity index (χ0) is 20.9. The van der Waals surface area contributed by atoms with Crippen molar-refractivity contribution in [2.24, 2.45) is 0 Å². The normalized spacial score (nSPS) is 12.9. The minimum Gasteiger partial charge on any atom is -0.333 e. The van der Waals surface area contributed by atoms with E-state index in [9.17, 15) is 14.4 Å². The number of nitrogens with zero attached hydrogens (tertiary/aromatic N) is 2. The number of ketones is 1. The molecule has 7 heteroatoms. The van der Waals surface area contributed by atoms with Gasteiger partial charge in [-0.3, -0.25) is 14.4 Å². The summed E-state index contributed by atoms with van der Waals surface area (Å²) in [7, 11) is 0. The summed E-state index contributed by atoms with van der Waals surface area (Å²) >= 11 is 1.39. The Morgan fingerprint density at radius 3 is 2.30 bits per heavy atom. The van der Waals surface area contributed by atoms with Gasteiger partial charge in [0.25, 0.3) is 5.91 Å². The standard InChI is InChI=1S/C23H21N3O3S/c27-19(16-7-3-1-4-8-16)11-12-21(28)25-23-24-18-13-14-26(15-20(18)30-23)22(29)17-9-5-2-6-10-17/h1-10H,11-15H2,(H,24,25,28). The van der Waals surface area contributed by atoms with Crippen molar-refractivity contribution in [1.29, 1.82) is 0 Å². The first-order chi connectivity index (χ1) is 14.6. The molecule has 0 radical (unpaired) electrons. The molecule has 1 aliphatic rings. The van der Waals surface area contributed by atoms with Crippen LogP contribution in [0.5, 0.6) is 0 Å². The van der Waals surface area contributed by atoms with Crippen LogP contribution in [0.3, 0.4) is 0 Å². The molecule has 30 heavy (non-hydrogen) atoms. The highest BCUT2D eigenvalue weighted by molar-refractivity contribution is 7.15. The number of rotatable bonds is 6. The number of aromatic nitrogens is 1. The van der Waals surface area contributed by atoms with Crippen LogP contribution in [0.25, 0.3) is 0 Å².